The highest BCUT2D eigenvalue weighted by Crippen LogP contribution is 2.36. The average molecular weight is 399 g/mol. The third-order valence-corrected chi connectivity index (χ3v) is 4.22. The molecule has 4 nitrogen and oxygen atoms in total. The summed E-state index contributed by atoms with van der Waals surface area (Å²) in [5.41, 5.74) is -0.885. The fourth-order valence-corrected chi connectivity index (χ4v) is 2.68. The van der Waals surface area contributed by atoms with Gasteiger partial charge in [0.1, 0.15) is 0 Å². The molecule has 0 saturated carbocycles. The summed E-state index contributed by atoms with van der Waals surface area (Å²) in [4.78, 5) is 26.2. The second kappa shape index (κ2) is 8.43. The molecule has 0 aromatic heterocycles. The minimum atomic E-state index is -4.66. The zero-order chi connectivity index (χ0) is 20.2. The van der Waals surface area contributed by atoms with Gasteiger partial charge in [-0.1, -0.05) is 11.6 Å². The van der Waals surface area contributed by atoms with Gasteiger partial charge in [0.25, 0.3) is 11.8 Å². The number of hydrogen-bond acceptors (Lipinski definition) is 2. The predicted molar refractivity (Wildman–Crippen MR) is 98.1 cm³/mol. The Kier molecular flexibility index (Phi) is 6.49. The topological polar surface area (TPSA) is 49.4 Å². The Bertz CT molecular complexity index is 832. The van der Waals surface area contributed by atoms with Crippen LogP contribution in [0.2, 0.25) is 5.02 Å². The van der Waals surface area contributed by atoms with Crippen LogP contribution in [0.25, 0.3) is 0 Å². The number of hydrogen-bond donors (Lipinski definition) is 1. The molecule has 27 heavy (non-hydrogen) atoms. The number of benzene rings is 2. The maximum absolute atomic E-state index is 13.1. The summed E-state index contributed by atoms with van der Waals surface area (Å²) in [6, 6.07) is 8.86. The van der Waals surface area contributed by atoms with Gasteiger partial charge in [-0.05, 0) is 56.3 Å². The van der Waals surface area contributed by atoms with E-state index in [1.54, 1.807) is 4.90 Å². The van der Waals surface area contributed by atoms with Crippen LogP contribution in [-0.2, 0) is 6.18 Å². The molecule has 2 amide bonds. The fraction of sp³-hybridized carbons (Fsp3) is 0.263. The van der Waals surface area contributed by atoms with Crippen molar-refractivity contribution in [1.82, 2.24) is 4.90 Å². The molecule has 2 aromatic carbocycles. The van der Waals surface area contributed by atoms with Gasteiger partial charge < -0.3 is 10.2 Å². The van der Waals surface area contributed by atoms with Crippen LogP contribution in [0.1, 0.15) is 40.1 Å². The number of halogens is 4. The Morgan fingerprint density at radius 1 is 1.00 bits per heavy atom. The van der Waals surface area contributed by atoms with Crippen molar-refractivity contribution in [3.8, 4) is 0 Å². The molecular weight excluding hydrogens is 381 g/mol. The van der Waals surface area contributed by atoms with E-state index in [9.17, 15) is 22.8 Å². The minimum absolute atomic E-state index is 0.0837. The smallest absolute Gasteiger partial charge is 0.339 e. The molecule has 8 heteroatoms. The molecular formula is C19H18ClF3N2O2. The summed E-state index contributed by atoms with van der Waals surface area (Å²) >= 11 is 5.62. The molecule has 0 heterocycles. The van der Waals surface area contributed by atoms with Gasteiger partial charge in [0.15, 0.2) is 0 Å². The number of carbonyl (C=O) groups is 2. The summed E-state index contributed by atoms with van der Waals surface area (Å²) in [5.74, 6) is -0.895. The molecule has 1 N–H and O–H groups in total. The van der Waals surface area contributed by atoms with Crippen LogP contribution in [0.15, 0.2) is 42.5 Å². The van der Waals surface area contributed by atoms with Crippen LogP contribution < -0.4 is 5.32 Å². The number of nitrogens with one attached hydrogen (secondary N) is 1. The number of carbonyl (C=O) groups excluding carboxylic acids is 2. The highest BCUT2D eigenvalue weighted by Gasteiger charge is 2.34. The molecule has 0 saturated heterocycles. The van der Waals surface area contributed by atoms with E-state index in [1.165, 1.54) is 30.3 Å². The minimum Gasteiger partial charge on any atom is -0.339 e. The molecule has 0 aliphatic carbocycles. The first kappa shape index (κ1) is 20.8. The first-order valence-electron chi connectivity index (χ1n) is 8.24. The van der Waals surface area contributed by atoms with E-state index < -0.39 is 17.6 Å². The van der Waals surface area contributed by atoms with E-state index in [-0.39, 0.29) is 22.2 Å². The van der Waals surface area contributed by atoms with E-state index in [1.807, 2.05) is 13.8 Å². The number of nitrogens with zero attached hydrogens (tertiary/aromatic N) is 1. The van der Waals surface area contributed by atoms with E-state index in [0.717, 1.165) is 12.1 Å². The van der Waals surface area contributed by atoms with Crippen LogP contribution in [0, 0.1) is 0 Å². The van der Waals surface area contributed by atoms with Gasteiger partial charge in [-0.15, -0.1) is 0 Å². The third kappa shape index (κ3) is 5.01. The molecule has 0 radical (unpaired) electrons. The summed E-state index contributed by atoms with van der Waals surface area (Å²) in [7, 11) is 0. The van der Waals surface area contributed by atoms with Crippen LogP contribution in [-0.4, -0.2) is 29.8 Å². The Hall–Kier alpha value is -2.54. The predicted octanol–water partition coefficient (Wildman–Crippen LogP) is 5.09. The lowest BCUT2D eigenvalue weighted by atomic mass is 10.1. The molecule has 2 rings (SSSR count). The molecule has 0 aliphatic rings. The SMILES string of the molecule is CCN(CC)C(=O)c1ccc(C(=O)Nc2ccc(Cl)cc2C(F)(F)F)cc1. The molecule has 0 atom stereocenters. The van der Waals surface area contributed by atoms with Crippen LogP contribution in [0.4, 0.5) is 18.9 Å². The molecule has 0 unspecified atom stereocenters. The van der Waals surface area contributed by atoms with Gasteiger partial charge in [-0.2, -0.15) is 13.2 Å². The lowest BCUT2D eigenvalue weighted by Crippen LogP contribution is -2.30. The Morgan fingerprint density at radius 2 is 1.56 bits per heavy atom. The summed E-state index contributed by atoms with van der Waals surface area (Å²) in [6.45, 7) is 4.81. The monoisotopic (exact) mass is 398 g/mol. The zero-order valence-corrected chi connectivity index (χ0v) is 15.5. The van der Waals surface area contributed by atoms with E-state index >= 15 is 0 Å². The molecule has 144 valence electrons. The Morgan fingerprint density at radius 3 is 2.07 bits per heavy atom. The van der Waals surface area contributed by atoms with E-state index in [0.29, 0.717) is 18.7 Å². The second-order valence-electron chi connectivity index (χ2n) is 5.70. The number of rotatable bonds is 5. The molecule has 0 spiro atoms. The van der Waals surface area contributed by atoms with Crippen molar-refractivity contribution < 1.29 is 22.8 Å². The lowest BCUT2D eigenvalue weighted by molar-refractivity contribution is -0.136. The summed E-state index contributed by atoms with van der Waals surface area (Å²) in [6.07, 6.45) is -4.66. The van der Waals surface area contributed by atoms with Gasteiger partial charge in [-0.3, -0.25) is 9.59 Å². The Balaban J connectivity index is 2.22. The van der Waals surface area contributed by atoms with Crippen LogP contribution >= 0.6 is 11.6 Å². The van der Waals surface area contributed by atoms with Crippen molar-refractivity contribution in [2.24, 2.45) is 0 Å². The van der Waals surface area contributed by atoms with Crippen molar-refractivity contribution in [1.29, 1.82) is 0 Å². The molecule has 2 aromatic rings. The molecule has 0 bridgehead atoms. The van der Waals surface area contributed by atoms with E-state index in [2.05, 4.69) is 5.32 Å². The largest absolute Gasteiger partial charge is 0.418 e. The van der Waals surface area contributed by atoms with Crippen LogP contribution in [0.5, 0.6) is 0 Å². The van der Waals surface area contributed by atoms with Gasteiger partial charge in [-0.25, -0.2) is 0 Å². The standard InChI is InChI=1S/C19H18ClF3N2O2/c1-3-25(4-2)18(27)13-7-5-12(6-8-13)17(26)24-16-10-9-14(20)11-15(16)19(21,22)23/h5-11H,3-4H2,1-2H3,(H,24,26). The van der Waals surface area contributed by atoms with Crippen molar-refractivity contribution in [3.63, 3.8) is 0 Å². The average Bonchev–Trinajstić information content (AvgIpc) is 2.63. The first-order valence-corrected chi connectivity index (χ1v) is 8.62. The third-order valence-electron chi connectivity index (χ3n) is 3.98. The quantitative estimate of drug-likeness (QED) is 0.762. The molecule has 0 fully saturated rings. The molecule has 0 aliphatic heterocycles. The van der Waals surface area contributed by atoms with Gasteiger partial charge in [0, 0.05) is 29.2 Å². The second-order valence-corrected chi connectivity index (χ2v) is 6.13. The zero-order valence-electron chi connectivity index (χ0n) is 14.7. The van der Waals surface area contributed by atoms with Gasteiger partial charge >= 0.3 is 6.18 Å². The lowest BCUT2D eigenvalue weighted by Gasteiger charge is -2.18. The normalized spacial score (nSPS) is 11.2. The van der Waals surface area contributed by atoms with Crippen molar-refractivity contribution in [2.75, 3.05) is 18.4 Å². The first-order chi connectivity index (χ1) is 12.7. The Labute approximate surface area is 159 Å². The van der Waals surface area contributed by atoms with Crippen molar-refractivity contribution in [3.05, 3.63) is 64.2 Å². The summed E-state index contributed by atoms with van der Waals surface area (Å²) in [5, 5.41) is 2.16. The summed E-state index contributed by atoms with van der Waals surface area (Å²) < 4.78 is 39.3. The van der Waals surface area contributed by atoms with Crippen molar-refractivity contribution >= 4 is 29.1 Å². The van der Waals surface area contributed by atoms with Gasteiger partial charge in [0.2, 0.25) is 0 Å². The number of amides is 2. The van der Waals surface area contributed by atoms with Crippen molar-refractivity contribution in [2.45, 2.75) is 20.0 Å². The number of alkyl halides is 3. The fourth-order valence-electron chi connectivity index (χ4n) is 2.51. The number of anilines is 1. The highest BCUT2D eigenvalue weighted by atomic mass is 35.5. The van der Waals surface area contributed by atoms with E-state index in [4.69, 9.17) is 11.6 Å². The van der Waals surface area contributed by atoms with Gasteiger partial charge in [0.05, 0.1) is 11.3 Å². The maximum Gasteiger partial charge on any atom is 0.418 e. The highest BCUT2D eigenvalue weighted by molar-refractivity contribution is 6.30. The maximum atomic E-state index is 13.1. The van der Waals surface area contributed by atoms with Crippen LogP contribution in [0.3, 0.4) is 0 Å².